The molecule has 10 nitrogen and oxygen atoms in total. The summed E-state index contributed by atoms with van der Waals surface area (Å²) < 4.78 is 3.48. The third-order valence-corrected chi connectivity index (χ3v) is 6.01. The van der Waals surface area contributed by atoms with E-state index < -0.39 is 11.2 Å². The molecule has 0 saturated heterocycles. The Bertz CT molecular complexity index is 1590. The maximum Gasteiger partial charge on any atom is 0.330 e. The molecule has 0 amide bonds. The van der Waals surface area contributed by atoms with Crippen molar-refractivity contribution in [2.75, 3.05) is 0 Å². The second kappa shape index (κ2) is 9.13. The van der Waals surface area contributed by atoms with Crippen LogP contribution in [0.2, 0.25) is 0 Å². The van der Waals surface area contributed by atoms with E-state index in [0.29, 0.717) is 30.1 Å². The molecular formula is C25H26N8O2. The van der Waals surface area contributed by atoms with Crippen LogP contribution < -0.4 is 11.2 Å². The van der Waals surface area contributed by atoms with Crippen molar-refractivity contribution in [2.24, 2.45) is 0 Å². The zero-order chi connectivity index (χ0) is 24.5. The Hall–Kier alpha value is -4.34. The highest BCUT2D eigenvalue weighted by Crippen LogP contribution is 2.30. The molecule has 0 bridgehead atoms. The third-order valence-electron chi connectivity index (χ3n) is 6.01. The van der Waals surface area contributed by atoms with E-state index in [-0.39, 0.29) is 5.92 Å². The van der Waals surface area contributed by atoms with Gasteiger partial charge in [-0.2, -0.15) is 0 Å². The van der Waals surface area contributed by atoms with Crippen LogP contribution in [0, 0.1) is 0 Å². The third kappa shape index (κ3) is 4.07. The van der Waals surface area contributed by atoms with Crippen molar-refractivity contribution in [1.29, 1.82) is 0 Å². The van der Waals surface area contributed by atoms with Crippen molar-refractivity contribution in [1.82, 2.24) is 39.7 Å². The van der Waals surface area contributed by atoms with E-state index in [1.165, 1.54) is 0 Å². The summed E-state index contributed by atoms with van der Waals surface area (Å²) in [4.78, 5) is 32.5. The largest absolute Gasteiger partial charge is 0.330 e. The van der Waals surface area contributed by atoms with E-state index in [9.17, 15) is 9.59 Å². The predicted octanol–water partition coefficient (Wildman–Crippen LogP) is 3.32. The highest BCUT2D eigenvalue weighted by Gasteiger charge is 2.20. The van der Waals surface area contributed by atoms with Crippen LogP contribution in [0.4, 0.5) is 0 Å². The average molecular weight is 471 g/mol. The zero-order valence-electron chi connectivity index (χ0n) is 19.8. The molecule has 2 aromatic carbocycles. The maximum atomic E-state index is 12.8. The van der Waals surface area contributed by atoms with Crippen LogP contribution in [-0.4, -0.2) is 39.7 Å². The summed E-state index contributed by atoms with van der Waals surface area (Å²) in [6.07, 6.45) is 0.762. The van der Waals surface area contributed by atoms with Crippen LogP contribution in [0.25, 0.3) is 33.7 Å². The van der Waals surface area contributed by atoms with E-state index >= 15 is 0 Å². The second-order valence-corrected chi connectivity index (χ2v) is 8.79. The van der Waals surface area contributed by atoms with Gasteiger partial charge in [0.1, 0.15) is 5.82 Å². The normalized spacial score (nSPS) is 11.5. The molecule has 178 valence electrons. The number of rotatable bonds is 7. The number of benzene rings is 2. The highest BCUT2D eigenvalue weighted by molar-refractivity contribution is 5.80. The summed E-state index contributed by atoms with van der Waals surface area (Å²) in [6, 6.07) is 16.1. The van der Waals surface area contributed by atoms with E-state index in [0.717, 1.165) is 34.5 Å². The Morgan fingerprint density at radius 2 is 1.71 bits per heavy atom. The molecule has 0 aliphatic heterocycles. The summed E-state index contributed by atoms with van der Waals surface area (Å²) in [5.74, 6) is 1.45. The quantitative estimate of drug-likeness (QED) is 0.376. The van der Waals surface area contributed by atoms with Gasteiger partial charge in [0.05, 0.1) is 0 Å². The van der Waals surface area contributed by atoms with Gasteiger partial charge in [0.15, 0.2) is 17.0 Å². The van der Waals surface area contributed by atoms with Gasteiger partial charge in [-0.25, -0.2) is 14.9 Å². The number of nitrogens with one attached hydrogen (secondary N) is 2. The molecule has 0 fully saturated rings. The number of nitrogens with zero attached hydrogens (tertiary/aromatic N) is 6. The summed E-state index contributed by atoms with van der Waals surface area (Å²) >= 11 is 0. The minimum absolute atomic E-state index is 0.0774. The predicted molar refractivity (Wildman–Crippen MR) is 133 cm³/mol. The molecule has 0 atom stereocenters. The Kier molecular flexibility index (Phi) is 5.86. The van der Waals surface area contributed by atoms with Crippen LogP contribution in [0.3, 0.4) is 0 Å². The summed E-state index contributed by atoms with van der Waals surface area (Å²) in [6.45, 7) is 7.02. The lowest BCUT2D eigenvalue weighted by molar-refractivity contribution is 0.651. The van der Waals surface area contributed by atoms with Crippen molar-refractivity contribution in [3.63, 3.8) is 0 Å². The number of hydrogen-bond acceptors (Lipinski definition) is 6. The monoisotopic (exact) mass is 470 g/mol. The van der Waals surface area contributed by atoms with Crippen LogP contribution >= 0.6 is 0 Å². The number of hydrogen-bond donors (Lipinski definition) is 2. The Morgan fingerprint density at radius 3 is 2.37 bits per heavy atom. The number of aryl methyl sites for hydroxylation is 1. The Balaban J connectivity index is 1.56. The lowest BCUT2D eigenvalue weighted by atomic mass is 9.98. The smallest absolute Gasteiger partial charge is 0.317 e. The molecule has 3 heterocycles. The first-order valence-electron chi connectivity index (χ1n) is 11.6. The summed E-state index contributed by atoms with van der Waals surface area (Å²) in [5, 5.41) is 14.2. The van der Waals surface area contributed by atoms with Gasteiger partial charge in [0.25, 0.3) is 5.56 Å². The topological polar surface area (TPSA) is 127 Å². The van der Waals surface area contributed by atoms with Crippen LogP contribution in [-0.2, 0) is 13.1 Å². The number of aromatic amines is 2. The van der Waals surface area contributed by atoms with Gasteiger partial charge in [0, 0.05) is 24.6 Å². The molecule has 0 aliphatic carbocycles. The number of aromatic nitrogens is 8. The van der Waals surface area contributed by atoms with Gasteiger partial charge in [-0.05, 0) is 33.5 Å². The SMILES string of the molecule is CCCn1c(=O)[nH]c(=O)c2c1nc(C(C)C)n2Cc1ccc(-c2ccccc2-c2nnn[nH]2)cc1. The van der Waals surface area contributed by atoms with Gasteiger partial charge in [0.2, 0.25) is 0 Å². The Labute approximate surface area is 200 Å². The minimum Gasteiger partial charge on any atom is -0.317 e. The van der Waals surface area contributed by atoms with Crippen molar-refractivity contribution >= 4 is 11.2 Å². The van der Waals surface area contributed by atoms with Gasteiger partial charge in [-0.15, -0.1) is 5.10 Å². The first-order valence-corrected chi connectivity index (χ1v) is 11.6. The first-order chi connectivity index (χ1) is 17.0. The number of H-pyrrole nitrogens is 2. The molecule has 3 aromatic heterocycles. The van der Waals surface area contributed by atoms with E-state index in [2.05, 4.69) is 25.6 Å². The summed E-state index contributed by atoms with van der Waals surface area (Å²) in [7, 11) is 0. The van der Waals surface area contributed by atoms with Crippen molar-refractivity contribution < 1.29 is 0 Å². The maximum absolute atomic E-state index is 12.8. The van der Waals surface area contributed by atoms with Crippen molar-refractivity contribution in [2.45, 2.75) is 46.2 Å². The minimum atomic E-state index is -0.422. The molecule has 0 unspecified atom stereocenters. The molecule has 0 spiro atoms. The zero-order valence-corrected chi connectivity index (χ0v) is 19.8. The first kappa shape index (κ1) is 22.5. The molecular weight excluding hydrogens is 444 g/mol. The molecule has 10 heteroatoms. The van der Waals surface area contributed by atoms with Crippen LogP contribution in [0.1, 0.15) is 44.5 Å². The van der Waals surface area contributed by atoms with Crippen molar-refractivity contribution in [3.8, 4) is 22.5 Å². The lowest BCUT2D eigenvalue weighted by Crippen LogP contribution is -2.31. The number of imidazole rings is 1. The standard InChI is InChI=1S/C25H26N8O2/c1-4-13-32-23-20(24(34)27-25(32)35)33(22(26-23)15(2)3)14-16-9-11-17(12-10-16)18-7-5-6-8-19(18)21-28-30-31-29-21/h5-12,15H,4,13-14H2,1-3H3,(H,27,34,35)(H,28,29,30,31). The van der Waals surface area contributed by atoms with Crippen LogP contribution in [0.5, 0.6) is 0 Å². The Morgan fingerprint density at radius 1 is 0.971 bits per heavy atom. The fraction of sp³-hybridized carbons (Fsp3) is 0.280. The average Bonchev–Trinajstić information content (AvgIpc) is 3.51. The molecule has 0 aliphatic rings. The van der Waals surface area contributed by atoms with E-state index in [4.69, 9.17) is 4.98 Å². The molecule has 5 aromatic rings. The fourth-order valence-corrected chi connectivity index (χ4v) is 4.41. The van der Waals surface area contributed by atoms with Gasteiger partial charge >= 0.3 is 5.69 Å². The summed E-state index contributed by atoms with van der Waals surface area (Å²) in [5.41, 5.74) is 3.99. The molecule has 0 saturated carbocycles. The number of fused-ring (bicyclic) bond motifs is 1. The molecule has 5 rings (SSSR count). The fourth-order valence-electron chi connectivity index (χ4n) is 4.41. The van der Waals surface area contributed by atoms with Gasteiger partial charge in [-0.3, -0.25) is 14.3 Å². The number of tetrazole rings is 1. The van der Waals surface area contributed by atoms with Crippen molar-refractivity contribution in [3.05, 3.63) is 80.8 Å². The van der Waals surface area contributed by atoms with Gasteiger partial charge in [-0.1, -0.05) is 69.3 Å². The molecule has 2 N–H and O–H groups in total. The lowest BCUT2D eigenvalue weighted by Gasteiger charge is -2.12. The highest BCUT2D eigenvalue weighted by atomic mass is 16.2. The van der Waals surface area contributed by atoms with Crippen LogP contribution in [0.15, 0.2) is 58.1 Å². The second-order valence-electron chi connectivity index (χ2n) is 8.79. The molecule has 0 radical (unpaired) electrons. The van der Waals surface area contributed by atoms with E-state index in [1.54, 1.807) is 4.57 Å². The molecule has 35 heavy (non-hydrogen) atoms. The van der Waals surface area contributed by atoms with Gasteiger partial charge < -0.3 is 4.57 Å². The van der Waals surface area contributed by atoms with E-state index in [1.807, 2.05) is 73.9 Å².